The predicted octanol–water partition coefficient (Wildman–Crippen LogP) is 1.63. The number of rotatable bonds is 8. The molecule has 0 spiro atoms. The van der Waals surface area contributed by atoms with Crippen LogP contribution in [0.4, 0.5) is 5.13 Å². The summed E-state index contributed by atoms with van der Waals surface area (Å²) in [6.07, 6.45) is 1.77. The van der Waals surface area contributed by atoms with E-state index in [0.717, 1.165) is 17.0 Å². The number of carboxylic acid groups (broad SMARTS) is 1. The van der Waals surface area contributed by atoms with E-state index in [1.54, 1.807) is 22.4 Å². The van der Waals surface area contributed by atoms with Crippen LogP contribution < -0.4 is 11.1 Å². The molecule has 172 valence electrons. The van der Waals surface area contributed by atoms with E-state index in [9.17, 15) is 19.5 Å². The zero-order valence-electron chi connectivity index (χ0n) is 16.8. The number of amides is 2. The van der Waals surface area contributed by atoms with E-state index < -0.39 is 29.2 Å². The lowest BCUT2D eigenvalue weighted by molar-refractivity contribution is -0.150. The number of nitrogens with two attached hydrogens (primary N) is 1. The lowest BCUT2D eigenvalue weighted by Gasteiger charge is -2.49. The minimum Gasteiger partial charge on any atom is -0.477 e. The molecule has 0 aromatic carbocycles. The number of oxime groups is 1. The number of thiazole rings is 2. The number of aliphatic carboxylic acids is 1. The number of hydrogen-bond acceptors (Lipinski definition) is 12. The summed E-state index contributed by atoms with van der Waals surface area (Å²) in [5.41, 5.74) is 8.10. The molecule has 1 saturated heterocycles. The standard InChI is InChI=1S/C18H16N6O5S4/c1-29-23-11(9-5-33-18(19)21-9)14(25)22-12-15(26)24-13(17(27)28)10(6-32-16(12)24)31-3-2-8-4-30-7-20-8/h2-5,7,12,16H,6H2,1H3,(H2,19,21)(H,22,25)(H,27,28)/b3-2-,23-11-/t12-,16-/m1/s1. The first kappa shape index (κ1) is 23.3. The first-order valence-electron chi connectivity index (χ1n) is 9.16. The number of fused-ring (bicyclic) bond motifs is 1. The van der Waals surface area contributed by atoms with Crippen molar-refractivity contribution in [2.75, 3.05) is 18.6 Å². The molecule has 0 radical (unpaired) electrons. The second-order valence-corrected chi connectivity index (χ2v) is 10.2. The Hall–Kier alpha value is -2.88. The van der Waals surface area contributed by atoms with Gasteiger partial charge < -0.3 is 21.0 Å². The summed E-state index contributed by atoms with van der Waals surface area (Å²) in [4.78, 5) is 52.2. The topological polar surface area (TPSA) is 160 Å². The smallest absolute Gasteiger partial charge is 0.353 e. The number of carbonyl (C=O) groups is 3. The minimum absolute atomic E-state index is 0.0831. The molecule has 2 atom stereocenters. The van der Waals surface area contributed by atoms with Crippen molar-refractivity contribution >= 4 is 80.9 Å². The summed E-state index contributed by atoms with van der Waals surface area (Å²) in [5.74, 6) is -2.03. The Morgan fingerprint density at radius 3 is 2.91 bits per heavy atom. The van der Waals surface area contributed by atoms with Crippen molar-refractivity contribution in [3.05, 3.63) is 43.7 Å². The van der Waals surface area contributed by atoms with Crippen molar-refractivity contribution in [3.8, 4) is 0 Å². The summed E-state index contributed by atoms with van der Waals surface area (Å²) in [5, 5.41) is 20.9. The van der Waals surface area contributed by atoms with Gasteiger partial charge in [0.05, 0.1) is 11.2 Å². The Balaban J connectivity index is 1.49. The second-order valence-electron chi connectivity index (χ2n) is 6.47. The Kier molecular flexibility index (Phi) is 7.02. The Morgan fingerprint density at radius 1 is 1.45 bits per heavy atom. The highest BCUT2D eigenvalue weighted by Gasteiger charge is 2.54. The molecular formula is C18H16N6O5S4. The maximum Gasteiger partial charge on any atom is 0.353 e. The highest BCUT2D eigenvalue weighted by molar-refractivity contribution is 8.08. The van der Waals surface area contributed by atoms with Crippen LogP contribution in [0.3, 0.4) is 0 Å². The number of nitrogens with one attached hydrogen (secondary N) is 1. The molecule has 2 aromatic rings. The van der Waals surface area contributed by atoms with Crippen LogP contribution in [-0.4, -0.2) is 67.7 Å². The van der Waals surface area contributed by atoms with Crippen molar-refractivity contribution in [1.29, 1.82) is 0 Å². The predicted molar refractivity (Wildman–Crippen MR) is 128 cm³/mol. The molecule has 2 aliphatic heterocycles. The maximum absolute atomic E-state index is 12.8. The number of anilines is 1. The molecule has 1 fully saturated rings. The van der Waals surface area contributed by atoms with Crippen molar-refractivity contribution in [3.63, 3.8) is 0 Å². The molecule has 0 saturated carbocycles. The van der Waals surface area contributed by atoms with Crippen molar-refractivity contribution < 1.29 is 24.3 Å². The molecule has 2 amide bonds. The van der Waals surface area contributed by atoms with Crippen LogP contribution in [0, 0.1) is 0 Å². The van der Waals surface area contributed by atoms with Crippen LogP contribution in [-0.2, 0) is 19.2 Å². The van der Waals surface area contributed by atoms with Gasteiger partial charge in [-0.25, -0.2) is 14.8 Å². The molecule has 33 heavy (non-hydrogen) atoms. The van der Waals surface area contributed by atoms with Gasteiger partial charge in [0.2, 0.25) is 0 Å². The lowest BCUT2D eigenvalue weighted by Crippen LogP contribution is -2.71. The van der Waals surface area contributed by atoms with E-state index in [0.29, 0.717) is 10.7 Å². The molecule has 0 bridgehead atoms. The SMILES string of the molecule is CO/N=C(\C(=O)N[C@@H]1C(=O)N2C(C(=O)O)=C(S/C=C\c3cscn3)CS[C@H]12)c1csc(N)n1. The van der Waals surface area contributed by atoms with Gasteiger partial charge >= 0.3 is 5.97 Å². The first-order valence-corrected chi connectivity index (χ1v) is 12.9. The van der Waals surface area contributed by atoms with Gasteiger partial charge in [-0.2, -0.15) is 0 Å². The number of β-lactam (4-membered cyclic amide) rings is 1. The average molecular weight is 525 g/mol. The fraction of sp³-hybridized carbons (Fsp3) is 0.222. The van der Waals surface area contributed by atoms with Crippen LogP contribution >= 0.6 is 46.2 Å². The zero-order chi connectivity index (χ0) is 23.5. The maximum atomic E-state index is 12.8. The van der Waals surface area contributed by atoms with Gasteiger partial charge in [-0.05, 0) is 11.5 Å². The van der Waals surface area contributed by atoms with Crippen LogP contribution in [0.5, 0.6) is 0 Å². The Bertz CT molecular complexity index is 1170. The molecule has 4 N–H and O–H groups in total. The third-order valence-corrected chi connectivity index (χ3v) is 8.12. The molecule has 4 rings (SSSR count). The van der Waals surface area contributed by atoms with E-state index >= 15 is 0 Å². The number of hydrogen-bond donors (Lipinski definition) is 3. The minimum atomic E-state index is -1.21. The summed E-state index contributed by atoms with van der Waals surface area (Å²) in [6, 6.07) is -0.910. The van der Waals surface area contributed by atoms with Gasteiger partial charge in [0.25, 0.3) is 11.8 Å². The van der Waals surface area contributed by atoms with Gasteiger partial charge in [-0.15, -0.1) is 34.4 Å². The molecular weight excluding hydrogens is 509 g/mol. The molecule has 2 aromatic heterocycles. The van der Waals surface area contributed by atoms with Gasteiger partial charge in [0, 0.05) is 21.4 Å². The van der Waals surface area contributed by atoms with Gasteiger partial charge in [0.15, 0.2) is 10.8 Å². The van der Waals surface area contributed by atoms with Crippen LogP contribution in [0.2, 0.25) is 0 Å². The van der Waals surface area contributed by atoms with Crippen molar-refractivity contribution in [1.82, 2.24) is 20.2 Å². The fourth-order valence-electron chi connectivity index (χ4n) is 3.07. The Labute approximate surface area is 203 Å². The van der Waals surface area contributed by atoms with E-state index in [-0.39, 0.29) is 22.2 Å². The quantitative estimate of drug-likeness (QED) is 0.263. The van der Waals surface area contributed by atoms with Crippen molar-refractivity contribution in [2.24, 2.45) is 5.16 Å². The largest absolute Gasteiger partial charge is 0.477 e. The number of nitrogen functional groups attached to an aromatic ring is 1. The summed E-state index contributed by atoms with van der Waals surface area (Å²) in [6.45, 7) is 0. The average Bonchev–Trinajstić information content (AvgIpc) is 3.46. The molecule has 11 nitrogen and oxygen atoms in total. The monoisotopic (exact) mass is 524 g/mol. The Morgan fingerprint density at radius 2 is 2.27 bits per heavy atom. The molecule has 15 heteroatoms. The van der Waals surface area contributed by atoms with Crippen LogP contribution in [0.15, 0.2) is 37.4 Å². The van der Waals surface area contributed by atoms with E-state index in [1.165, 1.54) is 46.9 Å². The molecule has 4 heterocycles. The van der Waals surface area contributed by atoms with Gasteiger partial charge in [-0.3, -0.25) is 14.5 Å². The summed E-state index contributed by atoms with van der Waals surface area (Å²) < 4.78 is 0. The number of nitrogens with zero attached hydrogens (tertiary/aromatic N) is 4. The number of aromatic nitrogens is 2. The number of carboxylic acids is 1. The highest BCUT2D eigenvalue weighted by atomic mass is 32.2. The zero-order valence-corrected chi connectivity index (χ0v) is 20.1. The molecule has 0 unspecified atom stereocenters. The third-order valence-electron chi connectivity index (χ3n) is 4.49. The number of thioether (sulfide) groups is 2. The van der Waals surface area contributed by atoms with E-state index in [1.807, 2.05) is 5.38 Å². The van der Waals surface area contributed by atoms with Crippen LogP contribution in [0.25, 0.3) is 6.08 Å². The molecule has 2 aliphatic rings. The first-order chi connectivity index (χ1) is 15.9. The van der Waals surface area contributed by atoms with E-state index in [2.05, 4.69) is 20.4 Å². The van der Waals surface area contributed by atoms with Crippen LogP contribution in [0.1, 0.15) is 11.4 Å². The highest BCUT2D eigenvalue weighted by Crippen LogP contribution is 2.43. The van der Waals surface area contributed by atoms with E-state index in [4.69, 9.17) is 10.6 Å². The molecule has 0 aliphatic carbocycles. The summed E-state index contributed by atoms with van der Waals surface area (Å²) in [7, 11) is 1.28. The van der Waals surface area contributed by atoms with Gasteiger partial charge in [-0.1, -0.05) is 16.9 Å². The normalized spacial score (nSPS) is 20.6. The van der Waals surface area contributed by atoms with Crippen molar-refractivity contribution in [2.45, 2.75) is 11.4 Å². The lowest BCUT2D eigenvalue weighted by atomic mass is 10.0. The second kappa shape index (κ2) is 9.94. The number of carbonyl (C=O) groups excluding carboxylic acids is 2. The fourth-order valence-corrected chi connectivity index (χ4v) is 6.48. The summed E-state index contributed by atoms with van der Waals surface area (Å²) >= 11 is 5.18. The van der Waals surface area contributed by atoms with Gasteiger partial charge in [0.1, 0.15) is 29.9 Å². The third kappa shape index (κ3) is 4.75.